The van der Waals surface area contributed by atoms with Crippen LogP contribution in [0.15, 0.2) is 0 Å². The molecular formula is C7H14O3. The van der Waals surface area contributed by atoms with Crippen molar-refractivity contribution in [3.8, 4) is 0 Å². The van der Waals surface area contributed by atoms with Gasteiger partial charge in [-0.25, -0.2) is 0 Å². The van der Waals surface area contributed by atoms with Crippen molar-refractivity contribution in [2.75, 3.05) is 6.61 Å². The average Bonchev–Trinajstić information content (AvgIpc) is 1.85. The highest BCUT2D eigenvalue weighted by atomic mass is 16.5. The summed E-state index contributed by atoms with van der Waals surface area (Å²) >= 11 is 0. The molecule has 0 bridgehead atoms. The van der Waals surface area contributed by atoms with E-state index in [1.54, 1.807) is 20.8 Å². The van der Waals surface area contributed by atoms with Crippen LogP contribution in [0.25, 0.3) is 0 Å². The second kappa shape index (κ2) is 4.28. The van der Waals surface area contributed by atoms with Crippen molar-refractivity contribution in [3.63, 3.8) is 0 Å². The van der Waals surface area contributed by atoms with Gasteiger partial charge in [0.2, 0.25) is 0 Å². The van der Waals surface area contributed by atoms with E-state index >= 15 is 0 Å². The first-order chi connectivity index (χ1) is 4.57. The van der Waals surface area contributed by atoms with Crippen molar-refractivity contribution >= 4 is 5.97 Å². The van der Waals surface area contributed by atoms with Gasteiger partial charge in [-0.05, 0) is 20.8 Å². The van der Waals surface area contributed by atoms with E-state index in [1.807, 2.05) is 0 Å². The molecule has 3 heteroatoms. The number of rotatable bonds is 3. The van der Waals surface area contributed by atoms with Gasteiger partial charge in [0, 0.05) is 0 Å². The SMILES string of the molecule is CC(C)OC(=O)C(C)CO. The lowest BCUT2D eigenvalue weighted by Crippen LogP contribution is -2.21. The van der Waals surface area contributed by atoms with Crippen molar-refractivity contribution in [2.45, 2.75) is 26.9 Å². The minimum Gasteiger partial charge on any atom is -0.463 e. The topological polar surface area (TPSA) is 46.5 Å². The lowest BCUT2D eigenvalue weighted by molar-refractivity contribution is -0.152. The number of carbonyl (C=O) groups is 1. The van der Waals surface area contributed by atoms with Gasteiger partial charge >= 0.3 is 5.97 Å². The van der Waals surface area contributed by atoms with E-state index in [9.17, 15) is 4.79 Å². The molecule has 0 saturated carbocycles. The number of ether oxygens (including phenoxy) is 1. The van der Waals surface area contributed by atoms with Gasteiger partial charge in [-0.1, -0.05) is 0 Å². The van der Waals surface area contributed by atoms with Gasteiger partial charge in [-0.15, -0.1) is 0 Å². The Balaban J connectivity index is 3.62. The lowest BCUT2D eigenvalue weighted by Gasteiger charge is -2.10. The first-order valence-electron chi connectivity index (χ1n) is 3.39. The standard InChI is InChI=1S/C7H14O3/c1-5(2)10-7(9)6(3)4-8/h5-6,8H,4H2,1-3H3. The monoisotopic (exact) mass is 146 g/mol. The summed E-state index contributed by atoms with van der Waals surface area (Å²) in [7, 11) is 0. The molecule has 0 saturated heterocycles. The number of hydrogen-bond donors (Lipinski definition) is 1. The fourth-order valence-electron chi connectivity index (χ4n) is 0.423. The molecular weight excluding hydrogens is 132 g/mol. The van der Waals surface area contributed by atoms with Gasteiger partial charge in [0.25, 0.3) is 0 Å². The Morgan fingerprint density at radius 3 is 2.30 bits per heavy atom. The second-order valence-corrected chi connectivity index (χ2v) is 2.57. The van der Waals surface area contributed by atoms with E-state index in [2.05, 4.69) is 0 Å². The van der Waals surface area contributed by atoms with E-state index in [1.165, 1.54) is 0 Å². The Labute approximate surface area is 61.0 Å². The van der Waals surface area contributed by atoms with Crippen molar-refractivity contribution in [1.82, 2.24) is 0 Å². The van der Waals surface area contributed by atoms with Crippen LogP contribution < -0.4 is 0 Å². The predicted molar refractivity (Wildman–Crippen MR) is 37.5 cm³/mol. The Morgan fingerprint density at radius 1 is 1.50 bits per heavy atom. The summed E-state index contributed by atoms with van der Waals surface area (Å²) in [6.07, 6.45) is -0.0958. The Kier molecular flexibility index (Phi) is 4.03. The van der Waals surface area contributed by atoms with Crippen LogP contribution in [0.4, 0.5) is 0 Å². The van der Waals surface area contributed by atoms with Gasteiger partial charge < -0.3 is 9.84 Å². The highest BCUT2D eigenvalue weighted by Gasteiger charge is 2.13. The molecule has 0 aliphatic carbocycles. The van der Waals surface area contributed by atoms with Crippen LogP contribution in [-0.4, -0.2) is 23.8 Å². The maximum absolute atomic E-state index is 10.8. The zero-order valence-corrected chi connectivity index (χ0v) is 6.63. The Hall–Kier alpha value is -0.570. The minimum absolute atomic E-state index is 0.0958. The van der Waals surface area contributed by atoms with E-state index in [-0.39, 0.29) is 18.7 Å². The summed E-state index contributed by atoms with van der Waals surface area (Å²) in [5.41, 5.74) is 0. The van der Waals surface area contributed by atoms with Gasteiger partial charge in [0.1, 0.15) is 0 Å². The minimum atomic E-state index is -0.401. The van der Waals surface area contributed by atoms with Crippen LogP contribution in [-0.2, 0) is 9.53 Å². The maximum Gasteiger partial charge on any atom is 0.311 e. The number of carbonyl (C=O) groups excluding carboxylic acids is 1. The van der Waals surface area contributed by atoms with Crippen LogP contribution in [0.1, 0.15) is 20.8 Å². The fraction of sp³-hybridized carbons (Fsp3) is 0.857. The third kappa shape index (κ3) is 3.45. The zero-order valence-electron chi connectivity index (χ0n) is 6.63. The summed E-state index contributed by atoms with van der Waals surface area (Å²) in [6.45, 7) is 5.04. The molecule has 60 valence electrons. The molecule has 1 N–H and O–H groups in total. The summed E-state index contributed by atoms with van der Waals surface area (Å²) in [4.78, 5) is 10.8. The van der Waals surface area contributed by atoms with Crippen LogP contribution in [0, 0.1) is 5.92 Å². The molecule has 3 nitrogen and oxygen atoms in total. The lowest BCUT2D eigenvalue weighted by atomic mass is 10.2. The molecule has 1 unspecified atom stereocenters. The van der Waals surface area contributed by atoms with Crippen LogP contribution in [0.3, 0.4) is 0 Å². The van der Waals surface area contributed by atoms with E-state index in [4.69, 9.17) is 9.84 Å². The first kappa shape index (κ1) is 9.43. The summed E-state index contributed by atoms with van der Waals surface area (Å²) in [5, 5.41) is 8.52. The normalized spacial score (nSPS) is 13.3. The van der Waals surface area contributed by atoms with Crippen molar-refractivity contribution in [1.29, 1.82) is 0 Å². The van der Waals surface area contributed by atoms with Crippen molar-refractivity contribution in [2.24, 2.45) is 5.92 Å². The molecule has 0 rings (SSSR count). The zero-order chi connectivity index (χ0) is 8.15. The van der Waals surface area contributed by atoms with Gasteiger partial charge in [0.05, 0.1) is 18.6 Å². The van der Waals surface area contributed by atoms with Crippen LogP contribution in [0.5, 0.6) is 0 Å². The Morgan fingerprint density at radius 2 is 2.00 bits per heavy atom. The molecule has 10 heavy (non-hydrogen) atoms. The molecule has 0 aromatic carbocycles. The highest BCUT2D eigenvalue weighted by Crippen LogP contribution is 1.99. The molecule has 0 aliphatic rings. The van der Waals surface area contributed by atoms with E-state index < -0.39 is 5.92 Å². The maximum atomic E-state index is 10.8. The molecule has 1 atom stereocenters. The van der Waals surface area contributed by atoms with E-state index in [0.717, 1.165) is 0 Å². The fourth-order valence-corrected chi connectivity index (χ4v) is 0.423. The second-order valence-electron chi connectivity index (χ2n) is 2.57. The third-order valence-electron chi connectivity index (χ3n) is 1.03. The van der Waals surface area contributed by atoms with Crippen molar-refractivity contribution in [3.05, 3.63) is 0 Å². The number of hydrogen-bond acceptors (Lipinski definition) is 3. The first-order valence-corrected chi connectivity index (χ1v) is 3.39. The smallest absolute Gasteiger partial charge is 0.311 e. The number of esters is 1. The predicted octanol–water partition coefficient (Wildman–Crippen LogP) is 0.566. The molecule has 0 aromatic heterocycles. The third-order valence-corrected chi connectivity index (χ3v) is 1.03. The van der Waals surface area contributed by atoms with Gasteiger partial charge in [0.15, 0.2) is 0 Å². The molecule has 0 heterocycles. The Bertz CT molecular complexity index is 109. The highest BCUT2D eigenvalue weighted by molar-refractivity contribution is 5.72. The summed E-state index contributed by atoms with van der Waals surface area (Å²) < 4.78 is 4.80. The van der Waals surface area contributed by atoms with Crippen molar-refractivity contribution < 1.29 is 14.6 Å². The number of aliphatic hydroxyl groups is 1. The number of aliphatic hydroxyl groups excluding tert-OH is 1. The average molecular weight is 146 g/mol. The molecule has 0 spiro atoms. The quantitative estimate of drug-likeness (QED) is 0.592. The summed E-state index contributed by atoms with van der Waals surface area (Å²) in [5.74, 6) is -0.736. The molecule has 0 fully saturated rings. The van der Waals surface area contributed by atoms with Crippen LogP contribution in [0.2, 0.25) is 0 Å². The van der Waals surface area contributed by atoms with E-state index in [0.29, 0.717) is 0 Å². The molecule has 0 radical (unpaired) electrons. The van der Waals surface area contributed by atoms with Crippen LogP contribution >= 0.6 is 0 Å². The summed E-state index contributed by atoms with van der Waals surface area (Å²) in [6, 6.07) is 0. The molecule has 0 aliphatic heterocycles. The largest absolute Gasteiger partial charge is 0.463 e. The molecule has 0 aromatic rings. The van der Waals surface area contributed by atoms with Gasteiger partial charge in [-0.3, -0.25) is 4.79 Å². The molecule has 0 amide bonds. The van der Waals surface area contributed by atoms with Gasteiger partial charge in [-0.2, -0.15) is 0 Å².